The van der Waals surface area contributed by atoms with Crippen LogP contribution < -0.4 is 0 Å². The van der Waals surface area contributed by atoms with Crippen molar-refractivity contribution >= 4 is 35.8 Å². The molecular formula is C56H49N3O17. The van der Waals surface area contributed by atoms with Crippen LogP contribution in [0.5, 0.6) is 0 Å². The third-order valence-corrected chi connectivity index (χ3v) is 11.8. The third kappa shape index (κ3) is 13.7. The van der Waals surface area contributed by atoms with Crippen molar-refractivity contribution in [3.8, 4) is 0 Å². The number of hydrogen-bond donors (Lipinski definition) is 1. The fraction of sp³-hybridized carbons (Fsp3) is 0.250. The average Bonchev–Trinajstić information content (AvgIpc) is 3.49. The van der Waals surface area contributed by atoms with Crippen LogP contribution in [-0.2, 0) is 47.4 Å². The zero-order valence-electron chi connectivity index (χ0n) is 40.2. The van der Waals surface area contributed by atoms with Crippen molar-refractivity contribution in [2.75, 3.05) is 26.4 Å². The summed E-state index contributed by atoms with van der Waals surface area (Å²) in [7, 11) is 0. The van der Waals surface area contributed by atoms with E-state index in [4.69, 9.17) is 52.9 Å². The van der Waals surface area contributed by atoms with E-state index in [9.17, 15) is 33.9 Å². The monoisotopic (exact) mass is 1040 g/mol. The summed E-state index contributed by atoms with van der Waals surface area (Å²) in [4.78, 5) is 87.0. The molecule has 2 heterocycles. The van der Waals surface area contributed by atoms with Gasteiger partial charge in [0.1, 0.15) is 12.2 Å². The largest absolute Gasteiger partial charge is 0.452 e. The lowest BCUT2D eigenvalue weighted by Gasteiger charge is -2.46. The van der Waals surface area contributed by atoms with Gasteiger partial charge in [0.05, 0.1) is 53.2 Å². The Labute approximate surface area is 434 Å². The molecular weight excluding hydrogens is 987 g/mol. The quantitative estimate of drug-likeness (QED) is 0.0199. The topological polar surface area (TPSA) is 264 Å². The molecule has 20 nitrogen and oxygen atoms in total. The first kappa shape index (κ1) is 53.5. The summed E-state index contributed by atoms with van der Waals surface area (Å²) in [6, 6.07) is 46.6. The van der Waals surface area contributed by atoms with Gasteiger partial charge in [0.2, 0.25) is 0 Å². The highest BCUT2D eigenvalue weighted by Crippen LogP contribution is 2.35. The zero-order valence-corrected chi connectivity index (χ0v) is 40.2. The summed E-state index contributed by atoms with van der Waals surface area (Å²) < 4.78 is 61.9. The highest BCUT2D eigenvalue weighted by molar-refractivity contribution is 5.92. The first-order valence-electron chi connectivity index (χ1n) is 23.8. The maximum atomic E-state index is 14.2. The van der Waals surface area contributed by atoms with Gasteiger partial charge >= 0.3 is 35.8 Å². The van der Waals surface area contributed by atoms with Crippen LogP contribution in [0.3, 0.4) is 0 Å². The van der Waals surface area contributed by atoms with E-state index < -0.39 is 110 Å². The summed E-state index contributed by atoms with van der Waals surface area (Å²) in [6.07, 6.45) is -17.2. The SMILES string of the molecule is [N-]=[N+]=NCCOC1OC(CO[C@@H]2O[C@H](CO)C(OC(=O)c3ccccc3)[C@H](OC(=O)c3ccccc3)C2OC(=O)c2ccccc2)[C@@H](OC(=O)c2ccccc2)C(OC(=O)c2ccccc2)[C@H]1OC(=O)c1ccccc1. The molecule has 5 unspecified atom stereocenters. The van der Waals surface area contributed by atoms with E-state index in [2.05, 4.69) is 10.0 Å². The van der Waals surface area contributed by atoms with Gasteiger partial charge in [0.25, 0.3) is 0 Å². The first-order chi connectivity index (χ1) is 37.1. The van der Waals surface area contributed by atoms with E-state index in [-0.39, 0.29) is 46.5 Å². The number of ether oxygens (including phenoxy) is 10. The number of hydrogen-bond acceptors (Lipinski definition) is 18. The van der Waals surface area contributed by atoms with E-state index in [1.165, 1.54) is 72.8 Å². The lowest BCUT2D eigenvalue weighted by molar-refractivity contribution is -0.328. The van der Waals surface area contributed by atoms with E-state index in [1.54, 1.807) is 109 Å². The number of aliphatic hydroxyl groups is 1. The molecule has 76 heavy (non-hydrogen) atoms. The molecule has 20 heteroatoms. The Bertz CT molecular complexity index is 2940. The molecule has 0 bridgehead atoms. The summed E-state index contributed by atoms with van der Waals surface area (Å²) in [6.45, 7) is -2.22. The molecule has 0 amide bonds. The lowest BCUT2D eigenvalue weighted by atomic mass is 9.96. The number of carbonyl (C=O) groups is 6. The Morgan fingerprint density at radius 1 is 0.408 bits per heavy atom. The normalized spacial score (nSPS) is 22.8. The minimum Gasteiger partial charge on any atom is -0.452 e. The van der Waals surface area contributed by atoms with Gasteiger partial charge in [0.15, 0.2) is 49.2 Å². The molecule has 2 aliphatic rings. The summed E-state index contributed by atoms with van der Waals surface area (Å²) in [5.74, 6) is -5.65. The van der Waals surface area contributed by atoms with Crippen molar-refractivity contribution < 1.29 is 81.2 Å². The van der Waals surface area contributed by atoms with Crippen molar-refractivity contribution in [1.82, 2.24) is 0 Å². The smallest absolute Gasteiger partial charge is 0.338 e. The van der Waals surface area contributed by atoms with Crippen LogP contribution >= 0.6 is 0 Å². The van der Waals surface area contributed by atoms with Crippen molar-refractivity contribution in [1.29, 1.82) is 0 Å². The highest BCUT2D eigenvalue weighted by Gasteiger charge is 2.56. The number of esters is 6. The van der Waals surface area contributed by atoms with Crippen LogP contribution in [0.2, 0.25) is 0 Å². The molecule has 2 aliphatic heterocycles. The van der Waals surface area contributed by atoms with E-state index in [0.29, 0.717) is 0 Å². The minimum atomic E-state index is -1.84. The van der Waals surface area contributed by atoms with Crippen molar-refractivity contribution in [2.45, 2.75) is 61.4 Å². The predicted octanol–water partition coefficient (Wildman–Crippen LogP) is 7.13. The molecule has 8 rings (SSSR count). The number of aliphatic hydroxyl groups excluding tert-OH is 1. The summed E-state index contributed by atoms with van der Waals surface area (Å²) >= 11 is 0. The van der Waals surface area contributed by atoms with Crippen LogP contribution in [-0.4, -0.2) is 129 Å². The van der Waals surface area contributed by atoms with E-state index >= 15 is 0 Å². The lowest BCUT2D eigenvalue weighted by Crippen LogP contribution is -2.65. The molecule has 1 N–H and O–H groups in total. The van der Waals surface area contributed by atoms with Crippen LogP contribution in [0, 0.1) is 0 Å². The second-order valence-corrected chi connectivity index (χ2v) is 16.8. The number of nitrogens with zero attached hydrogens (tertiary/aromatic N) is 3. The molecule has 2 fully saturated rings. The Kier molecular flexibility index (Phi) is 18.6. The van der Waals surface area contributed by atoms with Crippen LogP contribution in [0.25, 0.3) is 10.4 Å². The summed E-state index contributed by atoms with van der Waals surface area (Å²) in [5.41, 5.74) is 9.44. The fourth-order valence-electron chi connectivity index (χ4n) is 8.15. The number of benzene rings is 6. The summed E-state index contributed by atoms with van der Waals surface area (Å²) in [5, 5.41) is 14.5. The Hall–Kier alpha value is -8.75. The van der Waals surface area contributed by atoms with Gasteiger partial charge in [-0.05, 0) is 78.3 Å². The predicted molar refractivity (Wildman–Crippen MR) is 264 cm³/mol. The zero-order chi connectivity index (χ0) is 53.2. The molecule has 0 spiro atoms. The first-order valence-corrected chi connectivity index (χ1v) is 23.8. The maximum absolute atomic E-state index is 14.2. The maximum Gasteiger partial charge on any atom is 0.338 e. The van der Waals surface area contributed by atoms with Gasteiger partial charge in [-0.2, -0.15) is 0 Å². The number of rotatable bonds is 20. The molecule has 0 aromatic heterocycles. The van der Waals surface area contributed by atoms with Gasteiger partial charge < -0.3 is 52.5 Å². The van der Waals surface area contributed by atoms with Crippen LogP contribution in [0.4, 0.5) is 0 Å². The average molecular weight is 1040 g/mol. The van der Waals surface area contributed by atoms with Crippen LogP contribution in [0.1, 0.15) is 62.1 Å². The Balaban J connectivity index is 1.21. The van der Waals surface area contributed by atoms with Gasteiger partial charge in [0, 0.05) is 11.5 Å². The van der Waals surface area contributed by atoms with Gasteiger partial charge in [-0.15, -0.1) is 0 Å². The number of carbonyl (C=O) groups excluding carboxylic acids is 6. The number of azide groups is 1. The fourth-order valence-corrected chi connectivity index (χ4v) is 8.15. The molecule has 10 atom stereocenters. The molecule has 6 aromatic carbocycles. The van der Waals surface area contributed by atoms with Crippen molar-refractivity contribution in [3.05, 3.63) is 226 Å². The Morgan fingerprint density at radius 3 is 1.00 bits per heavy atom. The molecule has 390 valence electrons. The van der Waals surface area contributed by atoms with E-state index in [1.807, 2.05) is 0 Å². The molecule has 0 radical (unpaired) electrons. The van der Waals surface area contributed by atoms with Gasteiger partial charge in [-0.25, -0.2) is 28.8 Å². The highest BCUT2D eigenvalue weighted by atomic mass is 16.8. The van der Waals surface area contributed by atoms with Crippen LogP contribution in [0.15, 0.2) is 187 Å². The molecule has 2 saturated heterocycles. The minimum absolute atomic E-state index is 0.0416. The second kappa shape index (κ2) is 26.5. The van der Waals surface area contributed by atoms with Gasteiger partial charge in [-0.3, -0.25) is 0 Å². The van der Waals surface area contributed by atoms with Crippen molar-refractivity contribution in [2.24, 2.45) is 5.11 Å². The second-order valence-electron chi connectivity index (χ2n) is 16.8. The molecule has 6 aromatic rings. The van der Waals surface area contributed by atoms with Gasteiger partial charge in [-0.1, -0.05) is 114 Å². The van der Waals surface area contributed by atoms with E-state index in [0.717, 1.165) is 0 Å². The standard InChI is InChI=1S/C56H49N3O17/c57-59-58-31-32-67-55-47(75-53(65)39-27-15-5-16-28-39)46(74-52(64)38-25-13-4-14-26-38)44(72-50(62)36-21-9-2-10-22-36)42(70-55)34-68-56-48(76-54(66)40-29-17-6-18-30-40)45(73-51(63)37-23-11-3-12-24-37)43(41(33-60)69-56)71-49(61)35-19-7-1-8-20-35/h1-30,41-48,55-56,60H,31-34H2/t41-,42?,43?,44-,45+,46?,47-,48?,55?,56-/m1/s1. The molecule has 0 saturated carbocycles. The third-order valence-electron chi connectivity index (χ3n) is 11.8. The van der Waals surface area contributed by atoms with Crippen molar-refractivity contribution in [3.63, 3.8) is 0 Å². The molecule has 0 aliphatic carbocycles. The Morgan fingerprint density at radius 2 is 0.684 bits per heavy atom.